The number of rotatable bonds is 6. The lowest BCUT2D eigenvalue weighted by Crippen LogP contribution is -2.61. The van der Waals surface area contributed by atoms with E-state index in [1.807, 2.05) is 61.7 Å². The number of aromatic nitrogens is 2. The molecule has 8 heteroatoms. The Morgan fingerprint density at radius 3 is 2.47 bits per heavy atom. The summed E-state index contributed by atoms with van der Waals surface area (Å²) in [5.74, 6) is 0.635. The van der Waals surface area contributed by atoms with Crippen LogP contribution in [0.15, 0.2) is 57.9 Å². The Morgan fingerprint density at radius 2 is 1.74 bits per heavy atom. The van der Waals surface area contributed by atoms with Crippen LogP contribution in [0.3, 0.4) is 0 Å². The minimum atomic E-state index is -0.280. The monoisotopic (exact) mass is 476 g/mol. The molecular formula is C26H28N4O3S. The van der Waals surface area contributed by atoms with Crippen molar-refractivity contribution in [1.29, 1.82) is 0 Å². The van der Waals surface area contributed by atoms with Crippen molar-refractivity contribution in [3.8, 4) is 11.4 Å². The van der Waals surface area contributed by atoms with Crippen LogP contribution in [0.1, 0.15) is 42.7 Å². The van der Waals surface area contributed by atoms with Crippen LogP contribution in [0.4, 0.5) is 4.79 Å². The Labute approximate surface area is 203 Å². The Bertz CT molecular complexity index is 1180. The fourth-order valence-electron chi connectivity index (χ4n) is 4.89. The number of thioether (sulfide) groups is 1. The van der Waals surface area contributed by atoms with Crippen LogP contribution in [0.25, 0.3) is 11.4 Å². The van der Waals surface area contributed by atoms with Gasteiger partial charge in [0, 0.05) is 16.5 Å². The van der Waals surface area contributed by atoms with Crippen molar-refractivity contribution < 1.29 is 14.1 Å². The van der Waals surface area contributed by atoms with Crippen molar-refractivity contribution in [3.05, 3.63) is 65.5 Å². The molecule has 2 unspecified atom stereocenters. The number of amides is 3. The van der Waals surface area contributed by atoms with Gasteiger partial charge in [-0.1, -0.05) is 47.8 Å². The Morgan fingerprint density at radius 1 is 1.00 bits per heavy atom. The molecule has 3 aromatic rings. The molecule has 2 fully saturated rings. The summed E-state index contributed by atoms with van der Waals surface area (Å²) in [6.45, 7) is 2.49. The first-order valence-electron chi connectivity index (χ1n) is 11.7. The molecule has 1 aliphatic heterocycles. The molecule has 0 N–H and O–H groups in total. The molecule has 0 spiro atoms. The van der Waals surface area contributed by atoms with Crippen molar-refractivity contribution in [2.24, 2.45) is 5.92 Å². The second-order valence-corrected chi connectivity index (χ2v) is 9.90. The normalized spacial score (nSPS) is 20.5. The van der Waals surface area contributed by atoms with Crippen LogP contribution >= 0.6 is 11.8 Å². The summed E-state index contributed by atoms with van der Waals surface area (Å²) in [4.78, 5) is 35.7. The van der Waals surface area contributed by atoms with E-state index < -0.39 is 0 Å². The number of urea groups is 1. The standard InChI is InChI=1S/C26H28N4O3S/c1-17-7-9-18(10-8-17)15-30-25(31)21-5-3-4-6-22(21)29(26(30)32)16-23-27-24(28-33-23)19-11-13-20(34-2)14-12-19/h7-14,21-22H,3-6,15-16H2,1-2H3. The third-order valence-electron chi connectivity index (χ3n) is 6.77. The van der Waals surface area contributed by atoms with E-state index in [1.165, 1.54) is 4.90 Å². The SMILES string of the molecule is CSc1ccc(-c2noc(CN3C(=O)N(Cc4ccc(C)cc4)C(=O)C4CCCCC43)n2)cc1. The number of benzene rings is 2. The molecule has 34 heavy (non-hydrogen) atoms. The molecule has 0 radical (unpaired) electrons. The minimum Gasteiger partial charge on any atom is -0.337 e. The van der Waals surface area contributed by atoms with Crippen molar-refractivity contribution in [2.75, 3.05) is 6.26 Å². The lowest BCUT2D eigenvalue weighted by molar-refractivity contribution is -0.141. The molecule has 0 bridgehead atoms. The lowest BCUT2D eigenvalue weighted by Gasteiger charge is -2.46. The van der Waals surface area contributed by atoms with E-state index in [1.54, 1.807) is 16.7 Å². The third kappa shape index (κ3) is 4.46. The second kappa shape index (κ2) is 9.62. The summed E-state index contributed by atoms with van der Waals surface area (Å²) in [6, 6.07) is 15.5. The van der Waals surface area contributed by atoms with Gasteiger partial charge in [-0.15, -0.1) is 11.8 Å². The first-order valence-corrected chi connectivity index (χ1v) is 12.9. The van der Waals surface area contributed by atoms with Gasteiger partial charge in [0.25, 0.3) is 0 Å². The van der Waals surface area contributed by atoms with E-state index in [0.29, 0.717) is 11.7 Å². The van der Waals surface area contributed by atoms with Crippen LogP contribution in [0, 0.1) is 12.8 Å². The Balaban J connectivity index is 1.38. The molecule has 1 aromatic heterocycles. The first-order chi connectivity index (χ1) is 16.5. The number of aryl methyl sites for hydroxylation is 1. The van der Waals surface area contributed by atoms with Crippen LogP contribution in [-0.4, -0.2) is 44.2 Å². The predicted octanol–water partition coefficient (Wildman–Crippen LogP) is 5.29. The smallest absolute Gasteiger partial charge is 0.327 e. The van der Waals surface area contributed by atoms with E-state index >= 15 is 0 Å². The fraction of sp³-hybridized carbons (Fsp3) is 0.385. The quantitative estimate of drug-likeness (QED) is 0.450. The van der Waals surface area contributed by atoms with E-state index in [-0.39, 0.29) is 37.0 Å². The summed E-state index contributed by atoms with van der Waals surface area (Å²) in [5, 5.41) is 4.14. The second-order valence-electron chi connectivity index (χ2n) is 9.02. The van der Waals surface area contributed by atoms with Gasteiger partial charge < -0.3 is 9.42 Å². The summed E-state index contributed by atoms with van der Waals surface area (Å²) < 4.78 is 5.54. The Kier molecular flexibility index (Phi) is 6.41. The number of hydrogen-bond acceptors (Lipinski definition) is 6. The summed E-state index contributed by atoms with van der Waals surface area (Å²) in [5.41, 5.74) is 2.95. The van der Waals surface area contributed by atoms with Gasteiger partial charge in [0.1, 0.15) is 6.54 Å². The highest BCUT2D eigenvalue weighted by molar-refractivity contribution is 7.98. The van der Waals surface area contributed by atoms with Crippen LogP contribution in [-0.2, 0) is 17.9 Å². The molecule has 3 amide bonds. The molecular weight excluding hydrogens is 448 g/mol. The molecule has 2 atom stereocenters. The molecule has 2 heterocycles. The summed E-state index contributed by atoms with van der Waals surface area (Å²) in [7, 11) is 0. The minimum absolute atomic E-state index is 0.0633. The van der Waals surface area contributed by atoms with Crippen molar-refractivity contribution >= 4 is 23.7 Å². The molecule has 1 aliphatic carbocycles. The number of carbonyl (C=O) groups excluding carboxylic acids is 2. The highest BCUT2D eigenvalue weighted by Gasteiger charge is 2.47. The van der Waals surface area contributed by atoms with Gasteiger partial charge in [0.15, 0.2) is 0 Å². The molecule has 2 aromatic carbocycles. The molecule has 1 saturated carbocycles. The Hall–Kier alpha value is -3.13. The van der Waals surface area contributed by atoms with E-state index in [4.69, 9.17) is 4.52 Å². The number of nitrogens with zero attached hydrogens (tertiary/aromatic N) is 4. The zero-order valence-electron chi connectivity index (χ0n) is 19.4. The molecule has 7 nitrogen and oxygen atoms in total. The van der Waals surface area contributed by atoms with Gasteiger partial charge in [0.05, 0.1) is 12.5 Å². The maximum Gasteiger partial charge on any atom is 0.327 e. The summed E-state index contributed by atoms with van der Waals surface area (Å²) in [6.07, 6.45) is 5.66. The zero-order valence-corrected chi connectivity index (χ0v) is 20.3. The number of carbonyl (C=O) groups is 2. The zero-order chi connectivity index (χ0) is 23.7. The third-order valence-corrected chi connectivity index (χ3v) is 7.52. The van der Waals surface area contributed by atoms with Gasteiger partial charge in [-0.3, -0.25) is 9.69 Å². The van der Waals surface area contributed by atoms with Crippen molar-refractivity contribution in [2.45, 2.75) is 56.6 Å². The van der Waals surface area contributed by atoms with Crippen molar-refractivity contribution in [3.63, 3.8) is 0 Å². The topological polar surface area (TPSA) is 79.5 Å². The van der Waals surface area contributed by atoms with Gasteiger partial charge >= 0.3 is 6.03 Å². The van der Waals surface area contributed by atoms with Gasteiger partial charge in [0.2, 0.25) is 17.6 Å². The average molecular weight is 477 g/mol. The highest BCUT2D eigenvalue weighted by atomic mass is 32.2. The fourth-order valence-corrected chi connectivity index (χ4v) is 5.30. The maximum absolute atomic E-state index is 13.6. The highest BCUT2D eigenvalue weighted by Crippen LogP contribution is 2.36. The molecule has 2 aliphatic rings. The van der Waals surface area contributed by atoms with Crippen LogP contribution in [0.5, 0.6) is 0 Å². The summed E-state index contributed by atoms with van der Waals surface area (Å²) >= 11 is 1.67. The lowest BCUT2D eigenvalue weighted by atomic mass is 9.81. The molecule has 176 valence electrons. The number of fused-ring (bicyclic) bond motifs is 1. The van der Waals surface area contributed by atoms with Crippen LogP contribution < -0.4 is 0 Å². The number of imide groups is 1. The van der Waals surface area contributed by atoms with E-state index in [9.17, 15) is 9.59 Å². The molecule has 5 rings (SSSR count). The van der Waals surface area contributed by atoms with Crippen LogP contribution in [0.2, 0.25) is 0 Å². The van der Waals surface area contributed by atoms with Gasteiger partial charge in [-0.25, -0.2) is 4.79 Å². The first kappa shape index (κ1) is 22.7. The number of hydrogen-bond donors (Lipinski definition) is 0. The largest absolute Gasteiger partial charge is 0.337 e. The predicted molar refractivity (Wildman–Crippen MR) is 130 cm³/mol. The van der Waals surface area contributed by atoms with E-state index in [0.717, 1.165) is 47.3 Å². The molecule has 1 saturated heterocycles. The van der Waals surface area contributed by atoms with Gasteiger partial charge in [-0.05, 0) is 55.9 Å². The van der Waals surface area contributed by atoms with Crippen molar-refractivity contribution in [1.82, 2.24) is 19.9 Å². The van der Waals surface area contributed by atoms with E-state index in [2.05, 4.69) is 10.1 Å². The maximum atomic E-state index is 13.6. The van der Waals surface area contributed by atoms with Gasteiger partial charge in [-0.2, -0.15) is 4.98 Å². The average Bonchev–Trinajstić information content (AvgIpc) is 3.34.